The molecule has 0 atom stereocenters. The summed E-state index contributed by atoms with van der Waals surface area (Å²) in [5.74, 6) is 3.86. The molecule has 130 valence electrons. The van der Waals surface area contributed by atoms with Crippen LogP contribution in [0.25, 0.3) is 0 Å². The Kier molecular flexibility index (Phi) is 9.11. The van der Waals surface area contributed by atoms with E-state index < -0.39 is 0 Å². The average molecular weight is 334 g/mol. The van der Waals surface area contributed by atoms with Gasteiger partial charge in [-0.25, -0.2) is 0 Å². The van der Waals surface area contributed by atoms with Gasteiger partial charge >= 0.3 is 0 Å². The Bertz CT molecular complexity index is 404. The third-order valence-corrected chi connectivity index (χ3v) is 6.08. The van der Waals surface area contributed by atoms with Crippen molar-refractivity contribution in [1.29, 1.82) is 0 Å². The Labute approximate surface area is 148 Å². The summed E-state index contributed by atoms with van der Waals surface area (Å²) in [6.45, 7) is 4.55. The van der Waals surface area contributed by atoms with E-state index in [1.165, 1.54) is 70.0 Å². The van der Waals surface area contributed by atoms with Crippen molar-refractivity contribution in [2.24, 2.45) is 16.8 Å². The van der Waals surface area contributed by atoms with E-state index >= 15 is 0 Å². The summed E-state index contributed by atoms with van der Waals surface area (Å²) < 4.78 is 0. The maximum Gasteiger partial charge on any atom is 0.0288 e. The third kappa shape index (κ3) is 8.24. The van der Waals surface area contributed by atoms with Crippen molar-refractivity contribution < 1.29 is 0 Å². The van der Waals surface area contributed by atoms with Gasteiger partial charge in [0.25, 0.3) is 0 Å². The van der Waals surface area contributed by atoms with Gasteiger partial charge in [0.2, 0.25) is 0 Å². The number of hydrogen-bond acceptors (Lipinski definition) is 2. The van der Waals surface area contributed by atoms with Gasteiger partial charge in [-0.05, 0) is 54.9 Å². The SMILES string of the molecule is CC(C)CSC/C=N\C=C/C(=C1CC1)C1CCCCCCCC1. The lowest BCUT2D eigenvalue weighted by Gasteiger charge is -2.17. The van der Waals surface area contributed by atoms with Crippen molar-refractivity contribution in [2.45, 2.75) is 78.1 Å². The molecule has 0 aromatic carbocycles. The van der Waals surface area contributed by atoms with Crippen molar-refractivity contribution >= 4 is 18.0 Å². The predicted octanol–water partition coefficient (Wildman–Crippen LogP) is 6.80. The maximum atomic E-state index is 4.51. The standard InChI is InChI=1S/C21H35NS/c1-18(2)17-23-16-15-22-14-13-21(20-11-12-20)19-9-7-5-3-4-6-8-10-19/h13-15,18-19H,3-12,16-17H2,1-2H3/b14-13-,22-15-. The minimum Gasteiger partial charge on any atom is -0.268 e. The number of thioether (sulfide) groups is 1. The summed E-state index contributed by atoms with van der Waals surface area (Å²) in [7, 11) is 0. The van der Waals surface area contributed by atoms with Crippen LogP contribution in [0.3, 0.4) is 0 Å². The molecule has 0 heterocycles. The van der Waals surface area contributed by atoms with Gasteiger partial charge in [0, 0.05) is 18.2 Å². The molecular weight excluding hydrogens is 298 g/mol. The van der Waals surface area contributed by atoms with Crippen LogP contribution in [0.5, 0.6) is 0 Å². The second-order valence-corrected chi connectivity index (χ2v) is 8.61. The molecule has 0 aromatic heterocycles. The molecule has 0 amide bonds. The zero-order chi connectivity index (χ0) is 16.3. The molecule has 0 aliphatic heterocycles. The summed E-state index contributed by atoms with van der Waals surface area (Å²) in [6, 6.07) is 0. The number of aliphatic imine (C=N–C) groups is 1. The van der Waals surface area contributed by atoms with E-state index in [2.05, 4.69) is 37.3 Å². The number of hydrogen-bond donors (Lipinski definition) is 0. The quantitative estimate of drug-likeness (QED) is 0.368. The van der Waals surface area contributed by atoms with Gasteiger partial charge in [0.15, 0.2) is 0 Å². The van der Waals surface area contributed by atoms with E-state index in [4.69, 9.17) is 0 Å². The lowest BCUT2D eigenvalue weighted by Crippen LogP contribution is -2.03. The van der Waals surface area contributed by atoms with E-state index in [1.807, 2.05) is 11.8 Å². The molecule has 0 bridgehead atoms. The van der Waals surface area contributed by atoms with Crippen molar-refractivity contribution in [3.05, 3.63) is 23.4 Å². The fraction of sp³-hybridized carbons (Fsp3) is 0.762. The Hall–Kier alpha value is -0.500. The minimum atomic E-state index is 0.776. The van der Waals surface area contributed by atoms with Crippen LogP contribution in [0, 0.1) is 11.8 Å². The highest BCUT2D eigenvalue weighted by atomic mass is 32.2. The Morgan fingerprint density at radius 3 is 2.35 bits per heavy atom. The van der Waals surface area contributed by atoms with Crippen molar-refractivity contribution in [1.82, 2.24) is 0 Å². The van der Waals surface area contributed by atoms with Gasteiger partial charge in [-0.2, -0.15) is 11.8 Å². The molecule has 0 saturated heterocycles. The molecule has 2 aliphatic rings. The van der Waals surface area contributed by atoms with Crippen molar-refractivity contribution in [2.75, 3.05) is 11.5 Å². The summed E-state index contributed by atoms with van der Waals surface area (Å²) in [5.41, 5.74) is 3.37. The highest BCUT2D eigenvalue weighted by molar-refractivity contribution is 7.99. The summed E-state index contributed by atoms with van der Waals surface area (Å²) in [4.78, 5) is 4.51. The molecule has 2 fully saturated rings. The average Bonchev–Trinajstić information content (AvgIpc) is 3.33. The van der Waals surface area contributed by atoms with Crippen LogP contribution in [-0.4, -0.2) is 17.7 Å². The highest BCUT2D eigenvalue weighted by Crippen LogP contribution is 2.39. The molecule has 1 nitrogen and oxygen atoms in total. The van der Waals surface area contributed by atoms with Gasteiger partial charge in [-0.1, -0.05) is 57.9 Å². The smallest absolute Gasteiger partial charge is 0.0288 e. The van der Waals surface area contributed by atoms with E-state index in [9.17, 15) is 0 Å². The molecule has 0 spiro atoms. The molecule has 23 heavy (non-hydrogen) atoms. The first-order valence-electron chi connectivity index (χ1n) is 9.75. The van der Waals surface area contributed by atoms with E-state index in [0.29, 0.717) is 0 Å². The zero-order valence-electron chi connectivity index (χ0n) is 15.2. The lowest BCUT2D eigenvalue weighted by molar-refractivity contribution is 0.493. The molecule has 2 aliphatic carbocycles. The van der Waals surface area contributed by atoms with Gasteiger partial charge in [-0.3, -0.25) is 4.99 Å². The van der Waals surface area contributed by atoms with Crippen molar-refractivity contribution in [3.63, 3.8) is 0 Å². The Morgan fingerprint density at radius 2 is 1.74 bits per heavy atom. The van der Waals surface area contributed by atoms with Crippen LogP contribution >= 0.6 is 11.8 Å². The normalized spacial score (nSPS) is 20.9. The molecule has 0 aromatic rings. The van der Waals surface area contributed by atoms with Crippen LogP contribution in [0.4, 0.5) is 0 Å². The fourth-order valence-corrected chi connectivity index (χ4v) is 4.22. The van der Waals surface area contributed by atoms with E-state index in [-0.39, 0.29) is 0 Å². The van der Waals surface area contributed by atoms with E-state index in [0.717, 1.165) is 17.6 Å². The second-order valence-electron chi connectivity index (χ2n) is 7.53. The Morgan fingerprint density at radius 1 is 1.09 bits per heavy atom. The van der Waals surface area contributed by atoms with Crippen LogP contribution in [0.15, 0.2) is 28.4 Å². The summed E-state index contributed by atoms with van der Waals surface area (Å²) >= 11 is 1.98. The molecular formula is C21H35NS. The third-order valence-electron chi connectivity index (χ3n) is 4.79. The fourth-order valence-electron chi connectivity index (χ4n) is 3.42. The highest BCUT2D eigenvalue weighted by Gasteiger charge is 2.22. The van der Waals surface area contributed by atoms with Crippen LogP contribution in [0.1, 0.15) is 78.1 Å². The summed E-state index contributed by atoms with van der Waals surface area (Å²) in [5, 5.41) is 0. The molecule has 0 unspecified atom stereocenters. The van der Waals surface area contributed by atoms with Gasteiger partial charge < -0.3 is 0 Å². The van der Waals surface area contributed by atoms with Crippen LogP contribution in [0.2, 0.25) is 0 Å². The van der Waals surface area contributed by atoms with Crippen LogP contribution in [-0.2, 0) is 0 Å². The topological polar surface area (TPSA) is 12.4 Å². The van der Waals surface area contributed by atoms with Gasteiger partial charge in [0.05, 0.1) is 0 Å². The van der Waals surface area contributed by atoms with Gasteiger partial charge in [-0.15, -0.1) is 0 Å². The van der Waals surface area contributed by atoms with E-state index in [1.54, 1.807) is 11.1 Å². The molecule has 2 saturated carbocycles. The molecule has 0 N–H and O–H groups in total. The number of allylic oxidation sites excluding steroid dienone is 3. The maximum absolute atomic E-state index is 4.51. The molecule has 2 heteroatoms. The monoisotopic (exact) mass is 333 g/mol. The first kappa shape index (κ1) is 18.8. The molecule has 0 radical (unpaired) electrons. The lowest BCUT2D eigenvalue weighted by atomic mass is 9.88. The van der Waals surface area contributed by atoms with Crippen LogP contribution < -0.4 is 0 Å². The second kappa shape index (κ2) is 11.1. The van der Waals surface area contributed by atoms with Crippen molar-refractivity contribution in [3.8, 4) is 0 Å². The zero-order valence-corrected chi connectivity index (χ0v) is 16.0. The Balaban J connectivity index is 1.82. The first-order chi connectivity index (χ1) is 11.3. The number of nitrogens with zero attached hydrogens (tertiary/aromatic N) is 1. The van der Waals surface area contributed by atoms with Gasteiger partial charge in [0.1, 0.15) is 0 Å². The number of rotatable bonds is 7. The largest absolute Gasteiger partial charge is 0.268 e. The first-order valence-corrected chi connectivity index (χ1v) is 10.9. The minimum absolute atomic E-state index is 0.776. The molecule has 2 rings (SSSR count). The summed E-state index contributed by atoms with van der Waals surface area (Å²) in [6.07, 6.45) is 20.6. The predicted molar refractivity (Wildman–Crippen MR) is 106 cm³/mol.